The van der Waals surface area contributed by atoms with Gasteiger partial charge in [-0.05, 0) is 56.2 Å². The molecule has 144 valence electrons. The highest BCUT2D eigenvalue weighted by Gasteiger charge is 2.19. The number of carbonyl (C=O) groups excluding carboxylic acids is 1. The van der Waals surface area contributed by atoms with Gasteiger partial charge in [-0.1, -0.05) is 54.1 Å². The molecule has 1 aromatic heterocycles. The quantitative estimate of drug-likeness (QED) is 0.533. The maximum Gasteiger partial charge on any atom is 0.295 e. The summed E-state index contributed by atoms with van der Waals surface area (Å²) in [5.74, 6) is 0.416. The number of hydrogen-bond acceptors (Lipinski definition) is 3. The third kappa shape index (κ3) is 3.94. The van der Waals surface area contributed by atoms with Crippen LogP contribution >= 0.6 is 0 Å². The lowest BCUT2D eigenvalue weighted by Crippen LogP contribution is -2.14. The molecule has 0 radical (unpaired) electrons. The highest BCUT2D eigenvalue weighted by atomic mass is 16.2. The second-order valence-corrected chi connectivity index (χ2v) is 7.13. The summed E-state index contributed by atoms with van der Waals surface area (Å²) in [7, 11) is 0. The van der Waals surface area contributed by atoms with Crippen molar-refractivity contribution in [1.82, 2.24) is 14.8 Å². The molecule has 0 aliphatic heterocycles. The molecular formula is C24H22N4O. The van der Waals surface area contributed by atoms with Crippen LogP contribution in [0.2, 0.25) is 0 Å². The van der Waals surface area contributed by atoms with Crippen LogP contribution < -0.4 is 5.32 Å². The molecular weight excluding hydrogens is 360 g/mol. The molecule has 5 heteroatoms. The molecule has 29 heavy (non-hydrogen) atoms. The van der Waals surface area contributed by atoms with E-state index in [4.69, 9.17) is 0 Å². The first-order valence-corrected chi connectivity index (χ1v) is 9.49. The molecule has 0 unspecified atom stereocenters. The number of nitrogens with zero attached hydrogens (tertiary/aromatic N) is 3. The summed E-state index contributed by atoms with van der Waals surface area (Å²) in [4.78, 5) is 17.4. The van der Waals surface area contributed by atoms with Crippen molar-refractivity contribution in [3.05, 3.63) is 95.3 Å². The lowest BCUT2D eigenvalue weighted by molar-refractivity contribution is 0.101. The second-order valence-electron chi connectivity index (χ2n) is 7.13. The van der Waals surface area contributed by atoms with Crippen LogP contribution in [0.25, 0.3) is 17.1 Å². The molecule has 1 N–H and O–H groups in total. The zero-order chi connectivity index (χ0) is 20.4. The fraction of sp³-hybridized carbons (Fsp3) is 0.125. The number of rotatable bonds is 4. The van der Waals surface area contributed by atoms with E-state index in [1.54, 1.807) is 4.68 Å². The SMILES string of the molecule is Cc1ccc(NC(=O)c2nc(-c3ccccc3)n(-c3ccc(C)c(C)c3)n2)cc1. The molecule has 1 heterocycles. The van der Waals surface area contributed by atoms with Crippen molar-refractivity contribution in [1.29, 1.82) is 0 Å². The van der Waals surface area contributed by atoms with Crippen molar-refractivity contribution in [3.63, 3.8) is 0 Å². The fourth-order valence-electron chi connectivity index (χ4n) is 3.04. The Labute approximate surface area is 170 Å². The first-order valence-electron chi connectivity index (χ1n) is 9.49. The number of amides is 1. The largest absolute Gasteiger partial charge is 0.319 e. The maximum atomic E-state index is 12.8. The standard InChI is InChI=1S/C24H22N4O/c1-16-9-12-20(13-10-16)25-24(29)22-26-23(19-7-5-4-6-8-19)28(27-22)21-14-11-17(2)18(3)15-21/h4-15H,1-3H3,(H,25,29). The van der Waals surface area contributed by atoms with Crippen LogP contribution in [0.1, 0.15) is 27.3 Å². The van der Waals surface area contributed by atoms with Gasteiger partial charge in [-0.15, -0.1) is 5.10 Å². The molecule has 0 saturated heterocycles. The van der Waals surface area contributed by atoms with E-state index in [1.807, 2.05) is 73.7 Å². The van der Waals surface area contributed by atoms with Crippen LogP contribution in [0.4, 0.5) is 5.69 Å². The smallest absolute Gasteiger partial charge is 0.295 e. The van der Waals surface area contributed by atoms with Gasteiger partial charge in [-0.2, -0.15) is 0 Å². The Hall–Kier alpha value is -3.73. The summed E-state index contributed by atoms with van der Waals surface area (Å²) in [6, 6.07) is 23.5. The van der Waals surface area contributed by atoms with E-state index in [0.717, 1.165) is 22.4 Å². The molecule has 0 bridgehead atoms. The lowest BCUT2D eigenvalue weighted by atomic mass is 10.1. The monoisotopic (exact) mass is 382 g/mol. The summed E-state index contributed by atoms with van der Waals surface area (Å²) >= 11 is 0. The third-order valence-corrected chi connectivity index (χ3v) is 4.89. The van der Waals surface area contributed by atoms with Crippen LogP contribution in [-0.2, 0) is 0 Å². The highest BCUT2D eigenvalue weighted by molar-refractivity contribution is 6.01. The van der Waals surface area contributed by atoms with Crippen LogP contribution in [0.5, 0.6) is 0 Å². The van der Waals surface area contributed by atoms with E-state index in [-0.39, 0.29) is 11.7 Å². The van der Waals surface area contributed by atoms with Crippen molar-refractivity contribution >= 4 is 11.6 Å². The second kappa shape index (κ2) is 7.72. The first-order chi connectivity index (χ1) is 14.0. The van der Waals surface area contributed by atoms with E-state index in [2.05, 4.69) is 35.3 Å². The van der Waals surface area contributed by atoms with Crippen LogP contribution in [0.3, 0.4) is 0 Å². The summed E-state index contributed by atoms with van der Waals surface area (Å²) in [6.45, 7) is 6.13. The van der Waals surface area contributed by atoms with E-state index in [1.165, 1.54) is 5.56 Å². The molecule has 0 aliphatic rings. The first kappa shape index (κ1) is 18.6. The number of aryl methyl sites for hydroxylation is 3. The summed E-state index contributed by atoms with van der Waals surface area (Å²) in [5.41, 5.74) is 5.97. The van der Waals surface area contributed by atoms with Gasteiger partial charge < -0.3 is 5.32 Å². The fourth-order valence-corrected chi connectivity index (χ4v) is 3.04. The minimum absolute atomic E-state index is 0.127. The van der Waals surface area contributed by atoms with E-state index >= 15 is 0 Å². The number of carbonyl (C=O) groups is 1. The van der Waals surface area contributed by atoms with E-state index < -0.39 is 0 Å². The minimum atomic E-state index is -0.339. The van der Waals surface area contributed by atoms with Gasteiger partial charge in [0.05, 0.1) is 5.69 Å². The average molecular weight is 382 g/mol. The number of nitrogens with one attached hydrogen (secondary N) is 1. The molecule has 0 aliphatic carbocycles. The Morgan fingerprint density at radius 3 is 2.28 bits per heavy atom. The minimum Gasteiger partial charge on any atom is -0.319 e. The van der Waals surface area contributed by atoms with Crippen molar-refractivity contribution in [2.45, 2.75) is 20.8 Å². The van der Waals surface area contributed by atoms with Gasteiger partial charge in [0.25, 0.3) is 5.91 Å². The van der Waals surface area contributed by atoms with Gasteiger partial charge in [0.2, 0.25) is 5.82 Å². The topological polar surface area (TPSA) is 59.8 Å². The van der Waals surface area contributed by atoms with E-state index in [0.29, 0.717) is 11.5 Å². The van der Waals surface area contributed by atoms with Gasteiger partial charge in [-0.25, -0.2) is 9.67 Å². The number of benzene rings is 3. The van der Waals surface area contributed by atoms with Crippen molar-refractivity contribution < 1.29 is 4.79 Å². The molecule has 3 aromatic carbocycles. The third-order valence-electron chi connectivity index (χ3n) is 4.89. The molecule has 5 nitrogen and oxygen atoms in total. The zero-order valence-corrected chi connectivity index (χ0v) is 16.7. The number of anilines is 1. The van der Waals surface area contributed by atoms with Crippen LogP contribution in [-0.4, -0.2) is 20.7 Å². The van der Waals surface area contributed by atoms with Gasteiger partial charge >= 0.3 is 0 Å². The van der Waals surface area contributed by atoms with Crippen LogP contribution in [0, 0.1) is 20.8 Å². The average Bonchev–Trinajstić information content (AvgIpc) is 3.18. The van der Waals surface area contributed by atoms with Gasteiger partial charge in [0.15, 0.2) is 5.82 Å². The lowest BCUT2D eigenvalue weighted by Gasteiger charge is -2.08. The number of aromatic nitrogens is 3. The van der Waals surface area contributed by atoms with Gasteiger partial charge in [0, 0.05) is 11.3 Å². The highest BCUT2D eigenvalue weighted by Crippen LogP contribution is 2.23. The Bertz CT molecular complexity index is 1160. The normalized spacial score (nSPS) is 10.7. The Morgan fingerprint density at radius 2 is 1.59 bits per heavy atom. The van der Waals surface area contributed by atoms with Crippen molar-refractivity contribution in [2.24, 2.45) is 0 Å². The summed E-state index contributed by atoms with van der Waals surface area (Å²) in [6.07, 6.45) is 0. The van der Waals surface area contributed by atoms with Gasteiger partial charge in [0.1, 0.15) is 0 Å². The molecule has 0 atom stereocenters. The van der Waals surface area contributed by atoms with Crippen molar-refractivity contribution in [2.75, 3.05) is 5.32 Å². The van der Waals surface area contributed by atoms with Crippen LogP contribution in [0.15, 0.2) is 72.8 Å². The molecule has 0 fully saturated rings. The molecule has 0 spiro atoms. The van der Waals surface area contributed by atoms with E-state index in [9.17, 15) is 4.79 Å². The molecule has 1 amide bonds. The predicted octanol–water partition coefficient (Wildman–Crippen LogP) is 5.11. The molecule has 0 saturated carbocycles. The van der Waals surface area contributed by atoms with Crippen molar-refractivity contribution in [3.8, 4) is 17.1 Å². The maximum absolute atomic E-state index is 12.8. The Balaban J connectivity index is 1.75. The summed E-state index contributed by atoms with van der Waals surface area (Å²) < 4.78 is 1.73. The molecule has 4 rings (SSSR count). The Kier molecular flexibility index (Phi) is 4.96. The number of hydrogen-bond donors (Lipinski definition) is 1. The predicted molar refractivity (Wildman–Crippen MR) is 115 cm³/mol. The molecule has 4 aromatic rings. The Morgan fingerprint density at radius 1 is 0.862 bits per heavy atom. The summed E-state index contributed by atoms with van der Waals surface area (Å²) in [5, 5.41) is 7.41. The van der Waals surface area contributed by atoms with Gasteiger partial charge in [-0.3, -0.25) is 4.79 Å². The zero-order valence-electron chi connectivity index (χ0n) is 16.7.